The summed E-state index contributed by atoms with van der Waals surface area (Å²) in [6.45, 7) is 0.161. The number of halogens is 3. The summed E-state index contributed by atoms with van der Waals surface area (Å²) in [4.78, 5) is 37.8. The van der Waals surface area contributed by atoms with Gasteiger partial charge in [0.1, 0.15) is 11.6 Å². The summed E-state index contributed by atoms with van der Waals surface area (Å²) in [7, 11) is 0. The van der Waals surface area contributed by atoms with Gasteiger partial charge in [0.15, 0.2) is 0 Å². The zero-order chi connectivity index (χ0) is 23.4. The third-order valence-corrected chi connectivity index (χ3v) is 5.77. The third-order valence-electron chi connectivity index (χ3n) is 5.20. The van der Waals surface area contributed by atoms with Crippen molar-refractivity contribution in [2.45, 2.75) is 31.7 Å². The van der Waals surface area contributed by atoms with Crippen LogP contribution in [0.5, 0.6) is 0 Å². The third kappa shape index (κ3) is 5.11. The summed E-state index contributed by atoms with van der Waals surface area (Å²) in [5, 5.41) is 20.2. The van der Waals surface area contributed by atoms with E-state index in [1.54, 1.807) is 12.1 Å². The van der Waals surface area contributed by atoms with Crippen molar-refractivity contribution in [2.24, 2.45) is 0 Å². The van der Waals surface area contributed by atoms with E-state index in [-0.39, 0.29) is 29.1 Å². The monoisotopic (exact) mass is 479 g/mol. The number of hydrogen-bond donors (Lipinski definition) is 2. The Bertz CT molecular complexity index is 1080. The number of Topliss-reactive ketones (excluding diaryl/α,β-unsaturated/α-hetero) is 1. The molecule has 0 spiro atoms. The van der Waals surface area contributed by atoms with Crippen molar-refractivity contribution < 1.29 is 29.0 Å². The maximum absolute atomic E-state index is 13.3. The molecule has 6 nitrogen and oxygen atoms in total. The fraction of sp³-hybridized carbons (Fsp3) is 0.261. The number of carboxylic acids is 1. The van der Waals surface area contributed by atoms with Crippen LogP contribution >= 0.6 is 23.2 Å². The van der Waals surface area contributed by atoms with E-state index < -0.39 is 35.3 Å². The average molecular weight is 480 g/mol. The lowest BCUT2D eigenvalue weighted by molar-refractivity contribution is -0.140. The Labute approximate surface area is 193 Å². The number of nitrogens with zero attached hydrogens (tertiary/aromatic N) is 1. The van der Waals surface area contributed by atoms with Gasteiger partial charge in [0.25, 0.3) is 11.7 Å². The van der Waals surface area contributed by atoms with E-state index in [9.17, 15) is 23.9 Å². The van der Waals surface area contributed by atoms with Crippen molar-refractivity contribution in [2.75, 3.05) is 6.54 Å². The molecule has 0 bridgehead atoms. The highest BCUT2D eigenvalue weighted by molar-refractivity contribution is 6.47. The summed E-state index contributed by atoms with van der Waals surface area (Å²) >= 11 is 12.4. The molecular formula is C23H20Cl2FNO5. The number of carbonyl (C=O) groups excluding carboxylic acids is 2. The fourth-order valence-corrected chi connectivity index (χ4v) is 4.17. The van der Waals surface area contributed by atoms with Gasteiger partial charge in [0, 0.05) is 28.6 Å². The molecule has 3 rings (SSSR count). The number of likely N-dealkylation sites (tertiary alicyclic amines) is 1. The highest BCUT2D eigenvalue weighted by Crippen LogP contribution is 2.42. The predicted octanol–water partition coefficient (Wildman–Crippen LogP) is 5.20. The second-order valence-corrected chi connectivity index (χ2v) is 8.21. The Balaban J connectivity index is 2.02. The summed E-state index contributed by atoms with van der Waals surface area (Å²) in [5.41, 5.74) is 0.432. The zero-order valence-electron chi connectivity index (χ0n) is 16.9. The number of aliphatic carboxylic acids is 1. The van der Waals surface area contributed by atoms with Gasteiger partial charge in [0.2, 0.25) is 0 Å². The van der Waals surface area contributed by atoms with Gasteiger partial charge in [-0.3, -0.25) is 14.4 Å². The van der Waals surface area contributed by atoms with E-state index in [2.05, 4.69) is 0 Å². The number of aliphatic hydroxyl groups is 1. The van der Waals surface area contributed by atoms with Gasteiger partial charge in [0.05, 0.1) is 11.6 Å². The van der Waals surface area contributed by atoms with Crippen LogP contribution in [-0.4, -0.2) is 39.3 Å². The van der Waals surface area contributed by atoms with E-state index in [4.69, 9.17) is 28.3 Å². The van der Waals surface area contributed by atoms with Gasteiger partial charge in [-0.1, -0.05) is 35.7 Å². The lowest BCUT2D eigenvalue weighted by Crippen LogP contribution is -2.30. The molecule has 0 aliphatic carbocycles. The van der Waals surface area contributed by atoms with Crippen LogP contribution in [0.15, 0.2) is 48.0 Å². The molecule has 1 amide bonds. The standard InChI is InChI=1S/C23H20Cl2FNO5/c24-14-7-10-16(17(25)12-14)20-19(21(30)13-5-8-15(26)9-6-13)22(31)23(32)27(20)11-3-1-2-4-18(28)29/h5-10,12,20,30H,1-4,11H2,(H,28,29)/t20-/m0/s1. The SMILES string of the molecule is O=C(O)CCCCCN1C(=O)C(=O)C(=C(O)c2ccc(F)cc2)[C@@H]1c1ccc(Cl)cc1Cl. The minimum absolute atomic E-state index is 0.00975. The topological polar surface area (TPSA) is 94.9 Å². The number of carboxylic acid groups (broad SMARTS) is 1. The van der Waals surface area contributed by atoms with E-state index in [1.807, 2.05) is 0 Å². The van der Waals surface area contributed by atoms with Crippen LogP contribution in [0.1, 0.15) is 42.9 Å². The molecule has 1 heterocycles. The van der Waals surface area contributed by atoms with Gasteiger partial charge in [-0.15, -0.1) is 0 Å². The number of aliphatic hydroxyl groups excluding tert-OH is 1. The first-order valence-electron chi connectivity index (χ1n) is 9.91. The largest absolute Gasteiger partial charge is 0.507 e. The second-order valence-electron chi connectivity index (χ2n) is 7.37. The molecule has 0 unspecified atom stereocenters. The fourth-order valence-electron chi connectivity index (χ4n) is 3.66. The molecule has 0 radical (unpaired) electrons. The van der Waals surface area contributed by atoms with Gasteiger partial charge < -0.3 is 15.1 Å². The van der Waals surface area contributed by atoms with Crippen LogP contribution < -0.4 is 0 Å². The van der Waals surface area contributed by atoms with Gasteiger partial charge in [-0.05, 0) is 54.8 Å². The molecule has 2 aromatic carbocycles. The molecule has 0 aromatic heterocycles. The number of unbranched alkanes of at least 4 members (excludes halogenated alkanes) is 2. The number of carbonyl (C=O) groups is 3. The second kappa shape index (κ2) is 10.1. The summed E-state index contributed by atoms with van der Waals surface area (Å²) in [6, 6.07) is 8.54. The van der Waals surface area contributed by atoms with Crippen molar-refractivity contribution in [1.29, 1.82) is 0 Å². The molecule has 1 aliphatic rings. The van der Waals surface area contributed by atoms with Gasteiger partial charge in [-0.25, -0.2) is 4.39 Å². The van der Waals surface area contributed by atoms with E-state index in [0.29, 0.717) is 29.8 Å². The Kier molecular flexibility index (Phi) is 7.53. The van der Waals surface area contributed by atoms with Crippen LogP contribution in [0, 0.1) is 5.82 Å². The van der Waals surface area contributed by atoms with Crippen molar-refractivity contribution in [3.8, 4) is 0 Å². The summed E-state index contributed by atoms with van der Waals surface area (Å²) in [6.07, 6.45) is 1.43. The molecule has 168 valence electrons. The summed E-state index contributed by atoms with van der Waals surface area (Å²) < 4.78 is 13.3. The van der Waals surface area contributed by atoms with Crippen LogP contribution in [0.25, 0.3) is 5.76 Å². The highest BCUT2D eigenvalue weighted by Gasteiger charge is 2.46. The molecular weight excluding hydrogens is 460 g/mol. The van der Waals surface area contributed by atoms with Crippen molar-refractivity contribution >= 4 is 46.6 Å². The number of benzene rings is 2. The highest BCUT2D eigenvalue weighted by atomic mass is 35.5. The molecule has 1 saturated heterocycles. The van der Waals surface area contributed by atoms with Crippen molar-refractivity contribution in [3.63, 3.8) is 0 Å². The average Bonchev–Trinajstić information content (AvgIpc) is 2.98. The van der Waals surface area contributed by atoms with Crippen LogP contribution in [0.4, 0.5) is 4.39 Å². The number of amides is 1. The van der Waals surface area contributed by atoms with Crippen LogP contribution in [0.2, 0.25) is 10.0 Å². The lowest BCUT2D eigenvalue weighted by Gasteiger charge is -2.26. The Hall–Kier alpha value is -2.90. The molecule has 1 fully saturated rings. The maximum atomic E-state index is 13.3. The van der Waals surface area contributed by atoms with Crippen molar-refractivity contribution in [3.05, 3.63) is 75.0 Å². The minimum Gasteiger partial charge on any atom is -0.507 e. The molecule has 2 N–H and O–H groups in total. The Morgan fingerprint density at radius 3 is 2.31 bits per heavy atom. The molecule has 9 heteroatoms. The number of hydrogen-bond acceptors (Lipinski definition) is 4. The first kappa shape index (κ1) is 23.8. The first-order valence-corrected chi connectivity index (χ1v) is 10.7. The Morgan fingerprint density at radius 2 is 1.69 bits per heavy atom. The number of ketones is 1. The van der Waals surface area contributed by atoms with Crippen molar-refractivity contribution in [1.82, 2.24) is 4.90 Å². The predicted molar refractivity (Wildman–Crippen MR) is 118 cm³/mol. The van der Waals surface area contributed by atoms with E-state index >= 15 is 0 Å². The molecule has 32 heavy (non-hydrogen) atoms. The van der Waals surface area contributed by atoms with Crippen LogP contribution in [0.3, 0.4) is 0 Å². The molecule has 1 aliphatic heterocycles. The molecule has 0 saturated carbocycles. The molecule has 2 aromatic rings. The van der Waals surface area contributed by atoms with Gasteiger partial charge in [-0.2, -0.15) is 0 Å². The lowest BCUT2D eigenvalue weighted by atomic mass is 9.95. The Morgan fingerprint density at radius 1 is 1.00 bits per heavy atom. The first-order chi connectivity index (χ1) is 15.2. The normalized spacial score (nSPS) is 17.7. The molecule has 1 atom stereocenters. The maximum Gasteiger partial charge on any atom is 0.303 e. The van der Waals surface area contributed by atoms with E-state index in [1.165, 1.54) is 23.1 Å². The summed E-state index contributed by atoms with van der Waals surface area (Å²) in [5.74, 6) is -3.54. The zero-order valence-corrected chi connectivity index (χ0v) is 18.4. The van der Waals surface area contributed by atoms with E-state index in [0.717, 1.165) is 12.1 Å². The minimum atomic E-state index is -0.968. The quantitative estimate of drug-likeness (QED) is 0.235. The smallest absolute Gasteiger partial charge is 0.303 e. The van der Waals surface area contributed by atoms with Gasteiger partial charge >= 0.3 is 5.97 Å². The van der Waals surface area contributed by atoms with Crippen LogP contribution in [-0.2, 0) is 14.4 Å². The number of rotatable bonds is 8.